The van der Waals surface area contributed by atoms with E-state index in [1.54, 1.807) is 6.07 Å². The highest BCUT2D eigenvalue weighted by Crippen LogP contribution is 2.30. The van der Waals surface area contributed by atoms with Crippen LogP contribution in [0.4, 0.5) is 5.69 Å². The van der Waals surface area contributed by atoms with Gasteiger partial charge in [-0.25, -0.2) is 0 Å². The molecular formula is C19H17NO3S. The van der Waals surface area contributed by atoms with Crippen molar-refractivity contribution in [2.45, 2.75) is 6.92 Å². The Kier molecular flexibility index (Phi) is 5.13. The highest BCUT2D eigenvalue weighted by Gasteiger charge is 2.11. The van der Waals surface area contributed by atoms with Gasteiger partial charge in [0.1, 0.15) is 11.5 Å². The summed E-state index contributed by atoms with van der Waals surface area (Å²) >= 11 is 1.40. The summed E-state index contributed by atoms with van der Waals surface area (Å²) in [6.07, 6.45) is 0. The van der Waals surface area contributed by atoms with Crippen LogP contribution in [0.25, 0.3) is 0 Å². The lowest BCUT2D eigenvalue weighted by Crippen LogP contribution is -2.10. The molecule has 122 valence electrons. The van der Waals surface area contributed by atoms with Crippen molar-refractivity contribution in [3.63, 3.8) is 0 Å². The molecule has 0 atom stereocenters. The van der Waals surface area contributed by atoms with Crippen LogP contribution in [0.3, 0.4) is 0 Å². The second kappa shape index (κ2) is 7.66. The molecule has 0 aliphatic carbocycles. The standard InChI is InChI=1S/C19H17NO3S/c1-2-22-14-9-11-15(12-10-14)23-17-7-4-3-6-16(17)20-19(21)18-8-5-13-24-18/h3-13H,2H2,1H3,(H,20,21). The number of para-hydroxylation sites is 2. The zero-order valence-electron chi connectivity index (χ0n) is 13.2. The first-order valence-corrected chi connectivity index (χ1v) is 8.49. The minimum Gasteiger partial charge on any atom is -0.494 e. The van der Waals surface area contributed by atoms with E-state index in [4.69, 9.17) is 9.47 Å². The molecule has 0 spiro atoms. The first-order chi connectivity index (χ1) is 11.8. The smallest absolute Gasteiger partial charge is 0.265 e. The van der Waals surface area contributed by atoms with E-state index >= 15 is 0 Å². The molecular weight excluding hydrogens is 322 g/mol. The molecule has 4 nitrogen and oxygen atoms in total. The van der Waals surface area contributed by atoms with Crippen LogP contribution in [-0.4, -0.2) is 12.5 Å². The maximum Gasteiger partial charge on any atom is 0.265 e. The quantitative estimate of drug-likeness (QED) is 0.672. The number of anilines is 1. The Balaban J connectivity index is 1.75. The summed E-state index contributed by atoms with van der Waals surface area (Å²) in [5, 5.41) is 4.76. The van der Waals surface area contributed by atoms with Crippen molar-refractivity contribution < 1.29 is 14.3 Å². The molecule has 0 radical (unpaired) electrons. The number of thiophene rings is 1. The average Bonchev–Trinajstić information content (AvgIpc) is 3.13. The lowest BCUT2D eigenvalue weighted by atomic mass is 10.2. The molecule has 3 aromatic rings. The molecule has 0 saturated carbocycles. The molecule has 24 heavy (non-hydrogen) atoms. The van der Waals surface area contributed by atoms with E-state index in [9.17, 15) is 4.79 Å². The molecule has 1 aromatic heterocycles. The molecule has 0 fully saturated rings. The topological polar surface area (TPSA) is 47.6 Å². The second-order valence-electron chi connectivity index (χ2n) is 4.93. The summed E-state index contributed by atoms with van der Waals surface area (Å²) in [5.41, 5.74) is 0.629. The lowest BCUT2D eigenvalue weighted by molar-refractivity contribution is 0.103. The predicted octanol–water partition coefficient (Wildman–Crippen LogP) is 5.19. The number of amides is 1. The Morgan fingerprint density at radius 2 is 1.75 bits per heavy atom. The van der Waals surface area contributed by atoms with Crippen LogP contribution in [0.2, 0.25) is 0 Å². The minimum atomic E-state index is -0.146. The normalized spacial score (nSPS) is 10.2. The number of benzene rings is 2. The van der Waals surface area contributed by atoms with Crippen LogP contribution in [0.1, 0.15) is 16.6 Å². The van der Waals surface area contributed by atoms with Gasteiger partial charge >= 0.3 is 0 Å². The summed E-state index contributed by atoms with van der Waals surface area (Å²) in [6.45, 7) is 2.56. The SMILES string of the molecule is CCOc1ccc(Oc2ccccc2NC(=O)c2cccs2)cc1. The largest absolute Gasteiger partial charge is 0.494 e. The van der Waals surface area contributed by atoms with Gasteiger partial charge in [-0.15, -0.1) is 11.3 Å². The Bertz CT molecular complexity index is 798. The fourth-order valence-electron chi connectivity index (χ4n) is 2.15. The molecule has 1 N–H and O–H groups in total. The molecule has 0 saturated heterocycles. The van der Waals surface area contributed by atoms with Crippen molar-refractivity contribution in [3.05, 3.63) is 70.9 Å². The molecule has 3 rings (SSSR count). The van der Waals surface area contributed by atoms with Gasteiger partial charge in [0.25, 0.3) is 5.91 Å². The third-order valence-corrected chi connectivity index (χ3v) is 4.11. The van der Waals surface area contributed by atoms with Gasteiger partial charge in [-0.05, 0) is 54.8 Å². The van der Waals surface area contributed by atoms with Crippen molar-refractivity contribution >= 4 is 22.9 Å². The maximum absolute atomic E-state index is 12.2. The fourth-order valence-corrected chi connectivity index (χ4v) is 2.77. The van der Waals surface area contributed by atoms with Crippen molar-refractivity contribution in [3.8, 4) is 17.2 Å². The van der Waals surface area contributed by atoms with Gasteiger partial charge in [-0.2, -0.15) is 0 Å². The van der Waals surface area contributed by atoms with Crippen LogP contribution in [0.5, 0.6) is 17.2 Å². The van der Waals surface area contributed by atoms with Gasteiger partial charge in [0.2, 0.25) is 0 Å². The second-order valence-corrected chi connectivity index (χ2v) is 5.88. The number of carbonyl (C=O) groups excluding carboxylic acids is 1. The highest BCUT2D eigenvalue weighted by molar-refractivity contribution is 7.12. The fraction of sp³-hybridized carbons (Fsp3) is 0.105. The zero-order chi connectivity index (χ0) is 16.8. The molecule has 5 heteroatoms. The Labute approximate surface area is 144 Å². The van der Waals surface area contributed by atoms with Crippen molar-refractivity contribution in [1.29, 1.82) is 0 Å². The van der Waals surface area contributed by atoms with E-state index < -0.39 is 0 Å². The Morgan fingerprint density at radius 3 is 2.46 bits per heavy atom. The van der Waals surface area contributed by atoms with Gasteiger partial charge in [0.15, 0.2) is 5.75 Å². The Morgan fingerprint density at radius 1 is 1.00 bits per heavy atom. The summed E-state index contributed by atoms with van der Waals surface area (Å²) in [6, 6.07) is 18.4. The number of hydrogen-bond acceptors (Lipinski definition) is 4. The Hall–Kier alpha value is -2.79. The van der Waals surface area contributed by atoms with Gasteiger partial charge in [-0.1, -0.05) is 18.2 Å². The van der Waals surface area contributed by atoms with Gasteiger partial charge in [0, 0.05) is 0 Å². The third kappa shape index (κ3) is 3.94. The minimum absolute atomic E-state index is 0.146. The summed E-state index contributed by atoms with van der Waals surface area (Å²) < 4.78 is 11.3. The molecule has 0 unspecified atom stereocenters. The van der Waals surface area contributed by atoms with Gasteiger partial charge in [-0.3, -0.25) is 4.79 Å². The zero-order valence-corrected chi connectivity index (χ0v) is 14.0. The molecule has 0 aliphatic rings. The van der Waals surface area contributed by atoms with Crippen molar-refractivity contribution in [1.82, 2.24) is 0 Å². The first-order valence-electron chi connectivity index (χ1n) is 7.61. The van der Waals surface area contributed by atoms with E-state index in [-0.39, 0.29) is 5.91 Å². The number of hydrogen-bond donors (Lipinski definition) is 1. The van der Waals surface area contributed by atoms with Crippen molar-refractivity contribution in [2.75, 3.05) is 11.9 Å². The first kappa shape index (κ1) is 16.1. The molecule has 1 heterocycles. The highest BCUT2D eigenvalue weighted by atomic mass is 32.1. The van der Waals surface area contributed by atoms with E-state index in [2.05, 4.69) is 5.32 Å². The molecule has 1 amide bonds. The van der Waals surface area contributed by atoms with Crippen LogP contribution in [-0.2, 0) is 0 Å². The molecule has 2 aromatic carbocycles. The van der Waals surface area contributed by atoms with Crippen molar-refractivity contribution in [2.24, 2.45) is 0 Å². The maximum atomic E-state index is 12.2. The van der Waals surface area contributed by atoms with Crippen LogP contribution in [0, 0.1) is 0 Å². The van der Waals surface area contributed by atoms with Crippen LogP contribution >= 0.6 is 11.3 Å². The average molecular weight is 339 g/mol. The van der Waals surface area contributed by atoms with E-state index in [0.29, 0.717) is 28.7 Å². The predicted molar refractivity (Wildman–Crippen MR) is 96.4 cm³/mol. The third-order valence-electron chi connectivity index (χ3n) is 3.24. The summed E-state index contributed by atoms with van der Waals surface area (Å²) in [5.74, 6) is 1.92. The van der Waals surface area contributed by atoms with Gasteiger partial charge in [0.05, 0.1) is 17.2 Å². The number of ether oxygens (including phenoxy) is 2. The van der Waals surface area contributed by atoms with E-state index in [0.717, 1.165) is 5.75 Å². The molecule has 0 bridgehead atoms. The summed E-state index contributed by atoms with van der Waals surface area (Å²) in [7, 11) is 0. The number of rotatable bonds is 6. The number of nitrogens with one attached hydrogen (secondary N) is 1. The number of carbonyl (C=O) groups is 1. The van der Waals surface area contributed by atoms with Crippen LogP contribution in [0.15, 0.2) is 66.0 Å². The van der Waals surface area contributed by atoms with E-state index in [1.165, 1.54) is 11.3 Å². The lowest BCUT2D eigenvalue weighted by Gasteiger charge is -2.12. The van der Waals surface area contributed by atoms with E-state index in [1.807, 2.05) is 66.9 Å². The monoisotopic (exact) mass is 339 g/mol. The molecule has 0 aliphatic heterocycles. The summed E-state index contributed by atoms with van der Waals surface area (Å²) in [4.78, 5) is 12.9. The van der Waals surface area contributed by atoms with Crippen LogP contribution < -0.4 is 14.8 Å². The van der Waals surface area contributed by atoms with Gasteiger partial charge < -0.3 is 14.8 Å².